The van der Waals surface area contributed by atoms with E-state index in [1.807, 2.05) is 12.1 Å². The van der Waals surface area contributed by atoms with Crippen LogP contribution in [0.4, 0.5) is 5.69 Å². The Bertz CT molecular complexity index is 1010. The summed E-state index contributed by atoms with van der Waals surface area (Å²) in [7, 11) is 0. The molecule has 0 spiro atoms. The molecule has 0 saturated heterocycles. The van der Waals surface area contributed by atoms with Gasteiger partial charge in [-0.3, -0.25) is 4.79 Å². The van der Waals surface area contributed by atoms with Crippen LogP contribution in [-0.4, -0.2) is 20.7 Å². The van der Waals surface area contributed by atoms with Gasteiger partial charge in [0.15, 0.2) is 5.76 Å². The highest BCUT2D eigenvalue weighted by molar-refractivity contribution is 6.31. The molecule has 2 aromatic heterocycles. The average molecular weight is 339 g/mol. The third-order valence-electron chi connectivity index (χ3n) is 3.51. The van der Waals surface area contributed by atoms with Crippen molar-refractivity contribution in [2.75, 3.05) is 5.32 Å². The van der Waals surface area contributed by atoms with Gasteiger partial charge in [-0.1, -0.05) is 11.6 Å². The summed E-state index contributed by atoms with van der Waals surface area (Å²) in [5.41, 5.74) is 2.12. The number of nitrogens with zero attached hydrogens (tertiary/aromatic N) is 3. The van der Waals surface area contributed by atoms with Gasteiger partial charge in [-0.25, -0.2) is 9.67 Å². The van der Waals surface area contributed by atoms with Crippen LogP contribution in [0.2, 0.25) is 5.02 Å². The lowest BCUT2D eigenvalue weighted by atomic mass is 10.2. The molecule has 0 radical (unpaired) electrons. The molecule has 0 unspecified atom stereocenters. The van der Waals surface area contributed by atoms with Crippen LogP contribution in [-0.2, 0) is 0 Å². The zero-order chi connectivity index (χ0) is 16.5. The molecule has 2 aromatic carbocycles. The standard InChI is InChI=1S/C17H11ClN4O2/c18-12-1-6-15-11(7-12)8-16(24-15)17(23)21-13-2-4-14(5-3-13)22-10-19-9-20-22/h1-10H,(H,21,23). The molecular formula is C17H11ClN4O2. The minimum atomic E-state index is -0.323. The van der Waals surface area contributed by atoms with Gasteiger partial charge in [-0.2, -0.15) is 5.10 Å². The number of fused-ring (bicyclic) bond motifs is 1. The fraction of sp³-hybridized carbons (Fsp3) is 0. The van der Waals surface area contributed by atoms with E-state index < -0.39 is 0 Å². The lowest BCUT2D eigenvalue weighted by Gasteiger charge is -2.05. The van der Waals surface area contributed by atoms with E-state index in [2.05, 4.69) is 15.4 Å². The first-order valence-electron chi connectivity index (χ1n) is 7.14. The van der Waals surface area contributed by atoms with Crippen molar-refractivity contribution >= 4 is 34.2 Å². The maximum atomic E-state index is 12.3. The predicted molar refractivity (Wildman–Crippen MR) is 90.5 cm³/mol. The summed E-state index contributed by atoms with van der Waals surface area (Å²) in [6.45, 7) is 0. The minimum absolute atomic E-state index is 0.229. The largest absolute Gasteiger partial charge is 0.451 e. The molecular weight excluding hydrogens is 328 g/mol. The quantitative estimate of drug-likeness (QED) is 0.614. The van der Waals surface area contributed by atoms with Gasteiger partial charge in [-0.05, 0) is 48.5 Å². The molecule has 1 N–H and O–H groups in total. The first kappa shape index (κ1) is 14.5. The highest BCUT2D eigenvalue weighted by Crippen LogP contribution is 2.23. The number of aromatic nitrogens is 3. The van der Waals surface area contributed by atoms with Crippen LogP contribution in [0.1, 0.15) is 10.6 Å². The summed E-state index contributed by atoms with van der Waals surface area (Å²) in [4.78, 5) is 16.2. The molecule has 7 heteroatoms. The van der Waals surface area contributed by atoms with E-state index in [1.165, 1.54) is 6.33 Å². The Kier molecular flexibility index (Phi) is 3.51. The first-order valence-corrected chi connectivity index (χ1v) is 7.52. The summed E-state index contributed by atoms with van der Waals surface area (Å²) in [5.74, 6) is -0.0940. The summed E-state index contributed by atoms with van der Waals surface area (Å²) in [5, 5.41) is 8.23. The second-order valence-corrected chi connectivity index (χ2v) is 5.57. The Balaban J connectivity index is 1.54. The number of nitrogens with one attached hydrogen (secondary N) is 1. The maximum Gasteiger partial charge on any atom is 0.291 e. The molecule has 2 heterocycles. The lowest BCUT2D eigenvalue weighted by molar-refractivity contribution is 0.0998. The number of anilines is 1. The van der Waals surface area contributed by atoms with Crippen LogP contribution in [0.5, 0.6) is 0 Å². The van der Waals surface area contributed by atoms with Gasteiger partial charge in [0.2, 0.25) is 0 Å². The molecule has 118 valence electrons. The minimum Gasteiger partial charge on any atom is -0.451 e. The fourth-order valence-electron chi connectivity index (χ4n) is 2.36. The Morgan fingerprint density at radius 2 is 1.96 bits per heavy atom. The number of carbonyl (C=O) groups excluding carboxylic acids is 1. The van der Waals surface area contributed by atoms with Crippen molar-refractivity contribution < 1.29 is 9.21 Å². The molecule has 0 atom stereocenters. The summed E-state index contributed by atoms with van der Waals surface area (Å²) < 4.78 is 7.18. The van der Waals surface area contributed by atoms with Gasteiger partial charge in [-0.15, -0.1) is 0 Å². The molecule has 0 aliphatic heterocycles. The zero-order valence-electron chi connectivity index (χ0n) is 12.3. The lowest BCUT2D eigenvalue weighted by Crippen LogP contribution is -2.10. The molecule has 4 aromatic rings. The summed E-state index contributed by atoms with van der Waals surface area (Å²) >= 11 is 5.94. The smallest absolute Gasteiger partial charge is 0.291 e. The number of hydrogen-bond acceptors (Lipinski definition) is 4. The summed E-state index contributed by atoms with van der Waals surface area (Å²) in [6.07, 6.45) is 3.07. The third kappa shape index (κ3) is 2.75. The number of rotatable bonds is 3. The third-order valence-corrected chi connectivity index (χ3v) is 3.75. The van der Waals surface area contributed by atoms with Gasteiger partial charge in [0.05, 0.1) is 5.69 Å². The molecule has 6 nitrogen and oxygen atoms in total. The zero-order valence-corrected chi connectivity index (χ0v) is 13.1. The Hall–Kier alpha value is -3.12. The predicted octanol–water partition coefficient (Wildman–Crippen LogP) is 3.92. The van der Waals surface area contributed by atoms with Crippen LogP contribution >= 0.6 is 11.6 Å². The summed E-state index contributed by atoms with van der Waals surface area (Å²) in [6, 6.07) is 14.1. The molecule has 24 heavy (non-hydrogen) atoms. The first-order chi connectivity index (χ1) is 11.7. The Morgan fingerprint density at radius 1 is 1.12 bits per heavy atom. The van der Waals surface area contributed by atoms with E-state index >= 15 is 0 Å². The van der Waals surface area contributed by atoms with E-state index in [0.717, 1.165) is 11.1 Å². The molecule has 1 amide bonds. The van der Waals surface area contributed by atoms with Crippen molar-refractivity contribution in [3.05, 3.63) is 72.0 Å². The number of halogens is 1. The van der Waals surface area contributed by atoms with Crippen LogP contribution in [0.15, 0.2) is 65.6 Å². The number of furan rings is 1. The van der Waals surface area contributed by atoms with Crippen LogP contribution in [0.25, 0.3) is 16.7 Å². The van der Waals surface area contributed by atoms with Crippen molar-refractivity contribution in [2.24, 2.45) is 0 Å². The van der Waals surface area contributed by atoms with Crippen LogP contribution in [0.3, 0.4) is 0 Å². The van der Waals surface area contributed by atoms with Crippen molar-refractivity contribution in [1.29, 1.82) is 0 Å². The number of benzene rings is 2. The van der Waals surface area contributed by atoms with Crippen molar-refractivity contribution in [2.45, 2.75) is 0 Å². The fourth-order valence-corrected chi connectivity index (χ4v) is 2.54. The topological polar surface area (TPSA) is 73.0 Å². The molecule has 4 rings (SSSR count). The monoisotopic (exact) mass is 338 g/mol. The highest BCUT2D eigenvalue weighted by Gasteiger charge is 2.13. The molecule has 0 fully saturated rings. The van der Waals surface area contributed by atoms with Gasteiger partial charge in [0.1, 0.15) is 18.2 Å². The maximum absolute atomic E-state index is 12.3. The van der Waals surface area contributed by atoms with Crippen LogP contribution in [0, 0.1) is 0 Å². The second kappa shape index (κ2) is 5.82. The van der Waals surface area contributed by atoms with E-state index in [9.17, 15) is 4.79 Å². The molecule has 0 bridgehead atoms. The second-order valence-electron chi connectivity index (χ2n) is 5.13. The van der Waals surface area contributed by atoms with Crippen LogP contribution < -0.4 is 5.32 Å². The Morgan fingerprint density at radius 3 is 2.71 bits per heavy atom. The SMILES string of the molecule is O=C(Nc1ccc(-n2cncn2)cc1)c1cc2cc(Cl)ccc2o1. The van der Waals surface area contributed by atoms with E-state index in [-0.39, 0.29) is 11.7 Å². The normalized spacial score (nSPS) is 10.9. The van der Waals surface area contributed by atoms with Crippen molar-refractivity contribution in [3.8, 4) is 5.69 Å². The van der Waals surface area contributed by atoms with Gasteiger partial charge < -0.3 is 9.73 Å². The van der Waals surface area contributed by atoms with Gasteiger partial charge in [0, 0.05) is 16.1 Å². The molecule has 0 aliphatic rings. The number of hydrogen-bond donors (Lipinski definition) is 1. The highest BCUT2D eigenvalue weighted by atomic mass is 35.5. The Labute approximate surface area is 141 Å². The van der Waals surface area contributed by atoms with E-state index in [0.29, 0.717) is 16.3 Å². The molecule has 0 saturated carbocycles. The van der Waals surface area contributed by atoms with E-state index in [4.69, 9.17) is 16.0 Å². The van der Waals surface area contributed by atoms with Gasteiger partial charge in [0.25, 0.3) is 5.91 Å². The van der Waals surface area contributed by atoms with Crippen molar-refractivity contribution in [1.82, 2.24) is 14.8 Å². The average Bonchev–Trinajstić information content (AvgIpc) is 3.24. The molecule has 0 aliphatic carbocycles. The number of carbonyl (C=O) groups is 1. The number of amides is 1. The van der Waals surface area contributed by atoms with Crippen molar-refractivity contribution in [3.63, 3.8) is 0 Å². The van der Waals surface area contributed by atoms with Gasteiger partial charge >= 0.3 is 0 Å². The van der Waals surface area contributed by atoms with E-state index in [1.54, 1.807) is 47.4 Å².